The number of aryl methyl sites for hydroxylation is 2. The van der Waals surface area contributed by atoms with Crippen molar-refractivity contribution < 1.29 is 23.8 Å². The zero-order valence-electron chi connectivity index (χ0n) is 14.2. The van der Waals surface area contributed by atoms with Crippen LogP contribution in [0.25, 0.3) is 0 Å². The van der Waals surface area contributed by atoms with Crippen LogP contribution >= 0.6 is 0 Å². The Balaban J connectivity index is 2.12. The van der Waals surface area contributed by atoms with E-state index in [9.17, 15) is 9.59 Å². The lowest BCUT2D eigenvalue weighted by atomic mass is 10.0. The summed E-state index contributed by atoms with van der Waals surface area (Å²) in [5.41, 5.74) is 2.69. The van der Waals surface area contributed by atoms with E-state index in [2.05, 4.69) is 0 Å². The summed E-state index contributed by atoms with van der Waals surface area (Å²) in [6, 6.07) is 10.4. The number of hydrogen-bond donors (Lipinski definition) is 0. The zero-order chi connectivity index (χ0) is 17.7. The van der Waals surface area contributed by atoms with E-state index >= 15 is 0 Å². The average molecular weight is 328 g/mol. The van der Waals surface area contributed by atoms with Crippen LogP contribution in [0.1, 0.15) is 31.8 Å². The largest absolute Gasteiger partial charge is 0.493 e. The number of para-hydroxylation sites is 1. The van der Waals surface area contributed by atoms with Crippen molar-refractivity contribution in [2.45, 2.75) is 13.8 Å². The van der Waals surface area contributed by atoms with E-state index in [1.54, 1.807) is 24.3 Å². The Morgan fingerprint density at radius 1 is 0.958 bits per heavy atom. The molecule has 0 aliphatic heterocycles. The fourth-order valence-electron chi connectivity index (χ4n) is 2.46. The van der Waals surface area contributed by atoms with Crippen LogP contribution in [0.3, 0.4) is 0 Å². The standard InChI is InChI=1S/C19H20O5/c1-12-8-9-14(13(2)10-12)16(20)11-24-19(21)15-6-5-7-17(22-3)18(15)23-4/h5-10H,11H2,1-4H3. The molecule has 0 amide bonds. The van der Waals surface area contributed by atoms with Crippen LogP contribution in [0.4, 0.5) is 0 Å². The third-order valence-electron chi connectivity index (χ3n) is 3.64. The molecule has 0 N–H and O–H groups in total. The predicted octanol–water partition coefficient (Wildman–Crippen LogP) is 3.36. The predicted molar refractivity (Wildman–Crippen MR) is 90.1 cm³/mol. The lowest BCUT2D eigenvalue weighted by Gasteiger charge is -2.12. The van der Waals surface area contributed by atoms with Gasteiger partial charge in [0.2, 0.25) is 5.78 Å². The minimum atomic E-state index is -0.635. The zero-order valence-corrected chi connectivity index (χ0v) is 14.2. The first-order chi connectivity index (χ1) is 11.5. The third kappa shape index (κ3) is 3.74. The first-order valence-corrected chi connectivity index (χ1v) is 7.46. The van der Waals surface area contributed by atoms with Crippen molar-refractivity contribution in [3.05, 3.63) is 58.7 Å². The summed E-state index contributed by atoms with van der Waals surface area (Å²) < 4.78 is 15.5. The fourth-order valence-corrected chi connectivity index (χ4v) is 2.46. The van der Waals surface area contributed by atoms with Crippen molar-refractivity contribution >= 4 is 11.8 Å². The monoisotopic (exact) mass is 328 g/mol. The Hall–Kier alpha value is -2.82. The van der Waals surface area contributed by atoms with Crippen LogP contribution < -0.4 is 9.47 Å². The molecule has 0 fully saturated rings. The second kappa shape index (κ2) is 7.64. The number of Topliss-reactive ketones (excluding diaryl/α,β-unsaturated/α-hetero) is 1. The molecule has 0 aliphatic rings. The summed E-state index contributed by atoms with van der Waals surface area (Å²) in [5.74, 6) is -0.178. The van der Waals surface area contributed by atoms with Crippen LogP contribution in [0, 0.1) is 13.8 Å². The van der Waals surface area contributed by atoms with E-state index in [1.807, 2.05) is 26.0 Å². The van der Waals surface area contributed by atoms with Crippen molar-refractivity contribution in [1.29, 1.82) is 0 Å². The van der Waals surface area contributed by atoms with Crippen LogP contribution in [0.15, 0.2) is 36.4 Å². The molecule has 2 rings (SSSR count). The van der Waals surface area contributed by atoms with Gasteiger partial charge in [-0.15, -0.1) is 0 Å². The molecule has 5 nitrogen and oxygen atoms in total. The van der Waals surface area contributed by atoms with Crippen molar-refractivity contribution in [3.8, 4) is 11.5 Å². The quantitative estimate of drug-likeness (QED) is 0.601. The number of benzene rings is 2. The molecule has 0 radical (unpaired) electrons. The highest BCUT2D eigenvalue weighted by Gasteiger charge is 2.19. The van der Waals surface area contributed by atoms with Gasteiger partial charge < -0.3 is 14.2 Å². The summed E-state index contributed by atoms with van der Waals surface area (Å²) in [5, 5.41) is 0. The van der Waals surface area contributed by atoms with Crippen LogP contribution in [-0.4, -0.2) is 32.6 Å². The molecule has 24 heavy (non-hydrogen) atoms. The molecule has 126 valence electrons. The van der Waals surface area contributed by atoms with E-state index in [-0.39, 0.29) is 23.7 Å². The molecule has 0 aromatic heterocycles. The summed E-state index contributed by atoms with van der Waals surface area (Å²) in [6.07, 6.45) is 0. The molecule has 0 bridgehead atoms. The lowest BCUT2D eigenvalue weighted by Crippen LogP contribution is -2.16. The van der Waals surface area contributed by atoms with Gasteiger partial charge >= 0.3 is 5.97 Å². The Morgan fingerprint density at radius 3 is 2.33 bits per heavy atom. The number of methoxy groups -OCH3 is 2. The van der Waals surface area contributed by atoms with Gasteiger partial charge in [0.05, 0.1) is 14.2 Å². The molecule has 0 aliphatic carbocycles. The Labute approximate surface area is 141 Å². The van der Waals surface area contributed by atoms with Gasteiger partial charge in [-0.1, -0.05) is 29.8 Å². The van der Waals surface area contributed by atoms with Crippen LogP contribution in [0.2, 0.25) is 0 Å². The molecule has 5 heteroatoms. The molecule has 0 heterocycles. The normalized spacial score (nSPS) is 10.2. The minimum absolute atomic E-state index is 0.213. The molecule has 0 saturated carbocycles. The third-order valence-corrected chi connectivity index (χ3v) is 3.64. The van der Waals surface area contributed by atoms with Gasteiger partial charge in [0.25, 0.3) is 0 Å². The fraction of sp³-hybridized carbons (Fsp3) is 0.263. The van der Waals surface area contributed by atoms with E-state index in [1.165, 1.54) is 14.2 Å². The molecular weight excluding hydrogens is 308 g/mol. The summed E-state index contributed by atoms with van der Waals surface area (Å²) in [7, 11) is 2.92. The number of hydrogen-bond acceptors (Lipinski definition) is 5. The van der Waals surface area contributed by atoms with Crippen molar-refractivity contribution in [1.82, 2.24) is 0 Å². The van der Waals surface area contributed by atoms with Crippen molar-refractivity contribution in [3.63, 3.8) is 0 Å². The van der Waals surface area contributed by atoms with Gasteiger partial charge in [0, 0.05) is 5.56 Å². The van der Waals surface area contributed by atoms with Crippen LogP contribution in [0.5, 0.6) is 11.5 Å². The maximum Gasteiger partial charge on any atom is 0.342 e. The van der Waals surface area contributed by atoms with Gasteiger partial charge in [0.1, 0.15) is 5.56 Å². The second-order valence-corrected chi connectivity index (χ2v) is 5.36. The number of ketones is 1. The maximum absolute atomic E-state index is 12.3. The molecular formula is C19H20O5. The first kappa shape index (κ1) is 17.5. The van der Waals surface area contributed by atoms with E-state index in [0.717, 1.165) is 11.1 Å². The van der Waals surface area contributed by atoms with Gasteiger partial charge in [-0.3, -0.25) is 4.79 Å². The molecule has 0 spiro atoms. The molecule has 0 atom stereocenters. The van der Waals surface area contributed by atoms with Crippen LogP contribution in [-0.2, 0) is 4.74 Å². The second-order valence-electron chi connectivity index (χ2n) is 5.36. The molecule has 2 aromatic carbocycles. The molecule has 0 unspecified atom stereocenters. The van der Waals surface area contributed by atoms with Gasteiger partial charge in [-0.25, -0.2) is 4.79 Å². The SMILES string of the molecule is COc1cccc(C(=O)OCC(=O)c2ccc(C)cc2C)c1OC. The molecule has 2 aromatic rings. The number of ether oxygens (including phenoxy) is 3. The maximum atomic E-state index is 12.3. The lowest BCUT2D eigenvalue weighted by molar-refractivity contribution is 0.0471. The summed E-state index contributed by atoms with van der Waals surface area (Å²) >= 11 is 0. The first-order valence-electron chi connectivity index (χ1n) is 7.46. The van der Waals surface area contributed by atoms with E-state index < -0.39 is 5.97 Å². The highest BCUT2D eigenvalue weighted by atomic mass is 16.5. The number of carbonyl (C=O) groups is 2. The van der Waals surface area contributed by atoms with Crippen molar-refractivity contribution in [2.24, 2.45) is 0 Å². The number of rotatable bonds is 6. The summed E-state index contributed by atoms with van der Waals surface area (Å²) in [6.45, 7) is 3.48. The highest BCUT2D eigenvalue weighted by Crippen LogP contribution is 2.31. The van der Waals surface area contributed by atoms with E-state index in [0.29, 0.717) is 11.3 Å². The highest BCUT2D eigenvalue weighted by molar-refractivity contribution is 6.01. The van der Waals surface area contributed by atoms with Crippen molar-refractivity contribution in [2.75, 3.05) is 20.8 Å². The number of carbonyl (C=O) groups excluding carboxylic acids is 2. The Bertz CT molecular complexity index is 764. The smallest absolute Gasteiger partial charge is 0.342 e. The van der Waals surface area contributed by atoms with Gasteiger partial charge in [0.15, 0.2) is 18.1 Å². The van der Waals surface area contributed by atoms with Gasteiger partial charge in [-0.05, 0) is 31.5 Å². The van der Waals surface area contributed by atoms with E-state index in [4.69, 9.17) is 14.2 Å². The Kier molecular flexibility index (Phi) is 5.58. The average Bonchev–Trinajstić information content (AvgIpc) is 2.58. The molecule has 0 saturated heterocycles. The Morgan fingerprint density at radius 2 is 1.71 bits per heavy atom. The summed E-state index contributed by atoms with van der Waals surface area (Å²) in [4.78, 5) is 24.5. The minimum Gasteiger partial charge on any atom is -0.493 e. The van der Waals surface area contributed by atoms with Gasteiger partial charge in [-0.2, -0.15) is 0 Å². The number of esters is 1. The topological polar surface area (TPSA) is 61.8 Å².